The lowest BCUT2D eigenvalue weighted by molar-refractivity contribution is -0.144. The Hall–Kier alpha value is -1.59. The highest BCUT2D eigenvalue weighted by atomic mass is 16.4. The summed E-state index contributed by atoms with van der Waals surface area (Å²) in [6, 6.07) is 0.153. The van der Waals surface area contributed by atoms with Crippen molar-refractivity contribution in [3.05, 3.63) is 0 Å². The van der Waals surface area contributed by atoms with E-state index in [1.54, 1.807) is 4.90 Å². The number of carbonyl (C=O) groups excluding carboxylic acids is 2. The van der Waals surface area contributed by atoms with E-state index in [0.717, 1.165) is 32.1 Å². The van der Waals surface area contributed by atoms with Gasteiger partial charge in [-0.15, -0.1) is 0 Å². The van der Waals surface area contributed by atoms with E-state index < -0.39 is 5.97 Å². The van der Waals surface area contributed by atoms with Crippen molar-refractivity contribution in [2.75, 3.05) is 13.1 Å². The minimum absolute atomic E-state index is 0.0126. The Bertz CT molecular complexity index is 461. The summed E-state index contributed by atoms with van der Waals surface area (Å²) in [5, 5.41) is 9.00. The third kappa shape index (κ3) is 3.04. The molecule has 2 aliphatic heterocycles. The van der Waals surface area contributed by atoms with E-state index in [1.807, 2.05) is 4.90 Å². The molecule has 3 rings (SSSR count). The van der Waals surface area contributed by atoms with Gasteiger partial charge in [0.05, 0.1) is 12.3 Å². The van der Waals surface area contributed by atoms with Gasteiger partial charge in [0.25, 0.3) is 0 Å². The van der Waals surface area contributed by atoms with Crippen LogP contribution in [0.15, 0.2) is 0 Å². The number of nitrogens with zero attached hydrogens (tertiary/aromatic N) is 2. The maximum atomic E-state index is 12.7. The second-order valence-electron chi connectivity index (χ2n) is 6.46. The van der Waals surface area contributed by atoms with Crippen LogP contribution in [0.25, 0.3) is 0 Å². The number of likely N-dealkylation sites (tertiary alicyclic amines) is 2. The summed E-state index contributed by atoms with van der Waals surface area (Å²) in [5.74, 6) is -1.06. The Balaban J connectivity index is 1.65. The summed E-state index contributed by atoms with van der Waals surface area (Å²) >= 11 is 0. The molecule has 1 aliphatic carbocycles. The van der Waals surface area contributed by atoms with Gasteiger partial charge in [0.2, 0.25) is 11.8 Å². The molecule has 116 valence electrons. The van der Waals surface area contributed by atoms with Gasteiger partial charge in [-0.3, -0.25) is 14.4 Å². The average Bonchev–Trinajstić information content (AvgIpc) is 3.21. The van der Waals surface area contributed by atoms with Crippen molar-refractivity contribution in [3.63, 3.8) is 0 Å². The van der Waals surface area contributed by atoms with E-state index in [-0.39, 0.29) is 30.2 Å². The van der Waals surface area contributed by atoms with Crippen LogP contribution in [0.1, 0.15) is 44.9 Å². The minimum Gasteiger partial charge on any atom is -0.481 e. The standard InChI is InChI=1S/C15H22N2O4/c18-13-7-10(9-17(13)11-4-5-11)15(21)16-6-2-1-3-12(16)8-14(19)20/h10-12H,1-9H2,(H,19,20). The van der Waals surface area contributed by atoms with Crippen LogP contribution in [0.3, 0.4) is 0 Å². The second-order valence-corrected chi connectivity index (χ2v) is 6.46. The zero-order chi connectivity index (χ0) is 15.0. The van der Waals surface area contributed by atoms with Crippen molar-refractivity contribution in [3.8, 4) is 0 Å². The number of carboxylic acids is 1. The van der Waals surface area contributed by atoms with Crippen molar-refractivity contribution in [1.29, 1.82) is 0 Å². The van der Waals surface area contributed by atoms with Gasteiger partial charge in [0.1, 0.15) is 0 Å². The summed E-state index contributed by atoms with van der Waals surface area (Å²) in [6.45, 7) is 1.16. The topological polar surface area (TPSA) is 77.9 Å². The summed E-state index contributed by atoms with van der Waals surface area (Å²) < 4.78 is 0. The Morgan fingerprint density at radius 2 is 1.95 bits per heavy atom. The molecule has 1 N–H and O–H groups in total. The molecule has 0 spiro atoms. The van der Waals surface area contributed by atoms with E-state index in [0.29, 0.717) is 25.6 Å². The lowest BCUT2D eigenvalue weighted by Crippen LogP contribution is -2.47. The van der Waals surface area contributed by atoms with E-state index in [4.69, 9.17) is 5.11 Å². The van der Waals surface area contributed by atoms with Gasteiger partial charge in [-0.05, 0) is 32.1 Å². The number of aliphatic carboxylic acids is 1. The third-order valence-electron chi connectivity index (χ3n) is 4.82. The number of amides is 2. The highest BCUT2D eigenvalue weighted by molar-refractivity contribution is 5.90. The molecule has 0 aromatic rings. The average molecular weight is 294 g/mol. The van der Waals surface area contributed by atoms with Crippen molar-refractivity contribution in [2.45, 2.75) is 57.0 Å². The first-order valence-corrected chi connectivity index (χ1v) is 7.88. The Labute approximate surface area is 124 Å². The molecule has 2 saturated heterocycles. The van der Waals surface area contributed by atoms with Crippen LogP contribution in [-0.2, 0) is 14.4 Å². The molecule has 1 saturated carbocycles. The number of hydrogen-bond donors (Lipinski definition) is 1. The van der Waals surface area contributed by atoms with E-state index in [1.165, 1.54) is 0 Å². The fraction of sp³-hybridized carbons (Fsp3) is 0.800. The molecule has 0 aromatic carbocycles. The molecule has 2 amide bonds. The second kappa shape index (κ2) is 5.66. The van der Waals surface area contributed by atoms with E-state index >= 15 is 0 Å². The van der Waals surface area contributed by atoms with Gasteiger partial charge >= 0.3 is 5.97 Å². The zero-order valence-corrected chi connectivity index (χ0v) is 12.2. The molecular weight excluding hydrogens is 272 g/mol. The summed E-state index contributed by atoms with van der Waals surface area (Å²) in [7, 11) is 0. The van der Waals surface area contributed by atoms with Crippen LogP contribution in [0.5, 0.6) is 0 Å². The third-order valence-corrected chi connectivity index (χ3v) is 4.82. The van der Waals surface area contributed by atoms with Gasteiger partial charge < -0.3 is 14.9 Å². The lowest BCUT2D eigenvalue weighted by atomic mass is 9.96. The Morgan fingerprint density at radius 1 is 1.19 bits per heavy atom. The quantitative estimate of drug-likeness (QED) is 0.834. The number of carbonyl (C=O) groups is 3. The summed E-state index contributed by atoms with van der Waals surface area (Å²) in [6.07, 6.45) is 5.07. The number of carboxylic acid groups (broad SMARTS) is 1. The fourth-order valence-electron chi connectivity index (χ4n) is 3.58. The first-order chi connectivity index (χ1) is 10.1. The van der Waals surface area contributed by atoms with Crippen LogP contribution in [0, 0.1) is 5.92 Å². The minimum atomic E-state index is -0.859. The molecule has 6 heteroatoms. The van der Waals surface area contributed by atoms with Gasteiger partial charge in [-0.25, -0.2) is 0 Å². The molecule has 6 nitrogen and oxygen atoms in total. The van der Waals surface area contributed by atoms with Gasteiger partial charge in [0.15, 0.2) is 0 Å². The summed E-state index contributed by atoms with van der Waals surface area (Å²) in [5.41, 5.74) is 0. The molecule has 0 radical (unpaired) electrons. The molecular formula is C15H22N2O4. The van der Waals surface area contributed by atoms with Crippen molar-refractivity contribution in [1.82, 2.24) is 9.80 Å². The molecule has 0 aromatic heterocycles. The zero-order valence-electron chi connectivity index (χ0n) is 12.2. The van der Waals surface area contributed by atoms with Crippen molar-refractivity contribution in [2.24, 2.45) is 5.92 Å². The highest BCUT2D eigenvalue weighted by Gasteiger charge is 2.44. The molecule has 21 heavy (non-hydrogen) atoms. The maximum absolute atomic E-state index is 12.7. The first-order valence-electron chi connectivity index (χ1n) is 7.88. The van der Waals surface area contributed by atoms with Crippen LogP contribution in [0.2, 0.25) is 0 Å². The maximum Gasteiger partial charge on any atom is 0.305 e. The monoisotopic (exact) mass is 294 g/mol. The summed E-state index contributed by atoms with van der Waals surface area (Å²) in [4.78, 5) is 39.2. The van der Waals surface area contributed by atoms with E-state index in [9.17, 15) is 14.4 Å². The molecule has 0 bridgehead atoms. The Morgan fingerprint density at radius 3 is 2.62 bits per heavy atom. The van der Waals surface area contributed by atoms with Crippen LogP contribution in [0.4, 0.5) is 0 Å². The SMILES string of the molecule is O=C(O)CC1CCCCN1C(=O)C1CC(=O)N(C2CC2)C1. The van der Waals surface area contributed by atoms with Gasteiger partial charge in [-0.1, -0.05) is 0 Å². The number of hydrogen-bond acceptors (Lipinski definition) is 3. The predicted octanol–water partition coefficient (Wildman–Crippen LogP) is 0.853. The van der Waals surface area contributed by atoms with Crippen molar-refractivity contribution >= 4 is 17.8 Å². The van der Waals surface area contributed by atoms with Gasteiger partial charge in [0, 0.05) is 31.6 Å². The molecule has 2 heterocycles. The van der Waals surface area contributed by atoms with Crippen LogP contribution < -0.4 is 0 Å². The Kier molecular flexibility index (Phi) is 3.87. The molecule has 2 unspecified atom stereocenters. The predicted molar refractivity (Wildman–Crippen MR) is 74.4 cm³/mol. The first kappa shape index (κ1) is 14.4. The van der Waals surface area contributed by atoms with Gasteiger partial charge in [-0.2, -0.15) is 0 Å². The number of piperidine rings is 1. The number of rotatable bonds is 4. The van der Waals surface area contributed by atoms with E-state index in [2.05, 4.69) is 0 Å². The van der Waals surface area contributed by atoms with Crippen LogP contribution >= 0.6 is 0 Å². The van der Waals surface area contributed by atoms with Crippen LogP contribution in [-0.4, -0.2) is 57.9 Å². The smallest absolute Gasteiger partial charge is 0.305 e. The molecule has 3 fully saturated rings. The lowest BCUT2D eigenvalue weighted by Gasteiger charge is -2.36. The largest absolute Gasteiger partial charge is 0.481 e. The fourth-order valence-corrected chi connectivity index (χ4v) is 3.58. The molecule has 3 aliphatic rings. The van der Waals surface area contributed by atoms with Crippen molar-refractivity contribution < 1.29 is 19.5 Å². The molecule has 2 atom stereocenters. The normalized spacial score (nSPS) is 29.8. The highest BCUT2D eigenvalue weighted by Crippen LogP contribution is 2.34.